The van der Waals surface area contributed by atoms with E-state index in [-0.39, 0.29) is 12.1 Å². The molecule has 1 aliphatic carbocycles. The minimum atomic E-state index is -0.456. The van der Waals surface area contributed by atoms with Gasteiger partial charge < -0.3 is 15.4 Å². The zero-order valence-corrected chi connectivity index (χ0v) is 14.3. The molecule has 3 N–H and O–H groups in total. The molecule has 1 aromatic carbocycles. The van der Waals surface area contributed by atoms with Crippen molar-refractivity contribution in [2.24, 2.45) is 0 Å². The van der Waals surface area contributed by atoms with Gasteiger partial charge in [0, 0.05) is 24.0 Å². The van der Waals surface area contributed by atoms with Crippen LogP contribution in [0.5, 0.6) is 0 Å². The van der Waals surface area contributed by atoms with E-state index < -0.39 is 5.60 Å². The third-order valence-corrected chi connectivity index (χ3v) is 3.93. The van der Waals surface area contributed by atoms with E-state index in [1.54, 1.807) is 6.20 Å². The molecule has 1 amide bonds. The number of carbonyl (C=O) groups is 1. The van der Waals surface area contributed by atoms with Crippen molar-refractivity contribution < 1.29 is 9.53 Å². The second-order valence-corrected chi connectivity index (χ2v) is 7.20. The summed E-state index contributed by atoms with van der Waals surface area (Å²) in [6.45, 7) is 5.60. The topological polar surface area (TPSA) is 79.0 Å². The molecule has 1 heterocycles. The molecule has 2 aromatic rings. The summed E-state index contributed by atoms with van der Waals surface area (Å²) in [4.78, 5) is 11.7. The minimum absolute atomic E-state index is 0.182. The number of hydrogen-bond acceptors (Lipinski definition) is 4. The van der Waals surface area contributed by atoms with Gasteiger partial charge in [-0.25, -0.2) is 4.79 Å². The molecule has 6 nitrogen and oxygen atoms in total. The van der Waals surface area contributed by atoms with E-state index >= 15 is 0 Å². The van der Waals surface area contributed by atoms with E-state index in [2.05, 4.69) is 45.1 Å². The fourth-order valence-electron chi connectivity index (χ4n) is 2.73. The van der Waals surface area contributed by atoms with Gasteiger partial charge in [0.2, 0.25) is 0 Å². The fraction of sp³-hybridized carbons (Fsp3) is 0.444. The van der Waals surface area contributed by atoms with Crippen molar-refractivity contribution in [3.63, 3.8) is 0 Å². The van der Waals surface area contributed by atoms with Crippen molar-refractivity contribution in [1.82, 2.24) is 15.5 Å². The molecule has 1 aromatic heterocycles. The number of anilines is 1. The number of benzene rings is 1. The second-order valence-electron chi connectivity index (χ2n) is 7.20. The summed E-state index contributed by atoms with van der Waals surface area (Å²) in [6, 6.07) is 10.7. The molecule has 1 aliphatic rings. The molecule has 0 unspecified atom stereocenters. The van der Waals surface area contributed by atoms with Crippen molar-refractivity contribution in [1.29, 1.82) is 0 Å². The van der Waals surface area contributed by atoms with Crippen LogP contribution in [0.15, 0.2) is 36.5 Å². The van der Waals surface area contributed by atoms with Crippen LogP contribution in [0.1, 0.15) is 33.6 Å². The van der Waals surface area contributed by atoms with Crippen molar-refractivity contribution >= 4 is 11.8 Å². The molecule has 6 heteroatoms. The zero-order valence-electron chi connectivity index (χ0n) is 14.3. The van der Waals surface area contributed by atoms with E-state index in [1.807, 2.05) is 26.8 Å². The Hall–Kier alpha value is -2.50. The summed E-state index contributed by atoms with van der Waals surface area (Å²) >= 11 is 0. The first kappa shape index (κ1) is 16.4. The number of hydrogen-bond donors (Lipinski definition) is 3. The van der Waals surface area contributed by atoms with E-state index in [1.165, 1.54) is 0 Å². The standard InChI is InChI=1S/C18H24N4O2/c1-18(2,3)24-17(23)21-15-10-14(11-15)20-13-6-4-12(5-7-13)16-8-9-19-22-16/h4-9,14-15,20H,10-11H2,1-3H3,(H,19,22)(H,21,23). The fourth-order valence-corrected chi connectivity index (χ4v) is 2.73. The molecule has 3 rings (SSSR count). The van der Waals surface area contributed by atoms with Gasteiger partial charge in [-0.15, -0.1) is 0 Å². The maximum atomic E-state index is 11.7. The number of rotatable bonds is 4. The highest BCUT2D eigenvalue weighted by Crippen LogP contribution is 2.26. The molecule has 0 radical (unpaired) electrons. The van der Waals surface area contributed by atoms with Gasteiger partial charge in [-0.1, -0.05) is 12.1 Å². The van der Waals surface area contributed by atoms with Crippen LogP contribution in [0.3, 0.4) is 0 Å². The van der Waals surface area contributed by atoms with Crippen LogP contribution in [0, 0.1) is 0 Å². The highest BCUT2D eigenvalue weighted by atomic mass is 16.6. The quantitative estimate of drug-likeness (QED) is 0.802. The van der Waals surface area contributed by atoms with E-state index in [4.69, 9.17) is 4.74 Å². The maximum absolute atomic E-state index is 11.7. The smallest absolute Gasteiger partial charge is 0.407 e. The largest absolute Gasteiger partial charge is 0.444 e. The monoisotopic (exact) mass is 328 g/mol. The van der Waals surface area contributed by atoms with Gasteiger partial charge in [-0.05, 0) is 57.4 Å². The number of H-pyrrole nitrogens is 1. The van der Waals surface area contributed by atoms with Gasteiger partial charge in [0.25, 0.3) is 0 Å². The molecule has 1 saturated carbocycles. The Bertz CT molecular complexity index is 668. The van der Waals surface area contributed by atoms with Crippen molar-refractivity contribution in [3.05, 3.63) is 36.5 Å². The Morgan fingerprint density at radius 1 is 1.17 bits per heavy atom. The third-order valence-electron chi connectivity index (χ3n) is 3.93. The molecule has 0 aliphatic heterocycles. The van der Waals surface area contributed by atoms with Gasteiger partial charge in [-0.2, -0.15) is 5.10 Å². The molecule has 0 spiro atoms. The summed E-state index contributed by atoms with van der Waals surface area (Å²) in [5.41, 5.74) is 2.74. The lowest BCUT2D eigenvalue weighted by atomic mass is 9.86. The summed E-state index contributed by atoms with van der Waals surface area (Å²) in [7, 11) is 0. The van der Waals surface area contributed by atoms with Gasteiger partial charge in [0.1, 0.15) is 5.60 Å². The summed E-state index contributed by atoms with van der Waals surface area (Å²) in [5, 5.41) is 13.3. The van der Waals surface area contributed by atoms with Gasteiger partial charge in [0.15, 0.2) is 0 Å². The second kappa shape index (κ2) is 6.55. The van der Waals surface area contributed by atoms with Crippen molar-refractivity contribution in [3.8, 4) is 11.3 Å². The minimum Gasteiger partial charge on any atom is -0.444 e. The molecular weight excluding hydrogens is 304 g/mol. The number of nitrogens with one attached hydrogen (secondary N) is 3. The predicted molar refractivity (Wildman–Crippen MR) is 93.8 cm³/mol. The normalized spacial score (nSPS) is 20.1. The predicted octanol–water partition coefficient (Wildman–Crippen LogP) is 3.54. The molecule has 1 fully saturated rings. The molecule has 0 bridgehead atoms. The highest BCUT2D eigenvalue weighted by Gasteiger charge is 2.31. The lowest BCUT2D eigenvalue weighted by Crippen LogP contribution is -2.50. The lowest BCUT2D eigenvalue weighted by molar-refractivity contribution is 0.0475. The Labute approximate surface area is 142 Å². The van der Waals surface area contributed by atoms with E-state index in [0.29, 0.717) is 6.04 Å². The number of nitrogens with zero attached hydrogens (tertiary/aromatic N) is 1. The summed E-state index contributed by atoms with van der Waals surface area (Å²) in [6.07, 6.45) is 3.21. The van der Waals surface area contributed by atoms with Crippen LogP contribution in [0.25, 0.3) is 11.3 Å². The van der Waals surface area contributed by atoms with Crippen LogP contribution in [0.2, 0.25) is 0 Å². The maximum Gasteiger partial charge on any atom is 0.407 e. The number of aromatic amines is 1. The van der Waals surface area contributed by atoms with Crippen LogP contribution < -0.4 is 10.6 Å². The number of alkyl carbamates (subject to hydrolysis) is 1. The van der Waals surface area contributed by atoms with Crippen molar-refractivity contribution in [2.45, 2.75) is 51.3 Å². The van der Waals surface area contributed by atoms with Crippen LogP contribution in [-0.4, -0.2) is 34.0 Å². The summed E-state index contributed by atoms with van der Waals surface area (Å²) < 4.78 is 5.27. The SMILES string of the molecule is CC(C)(C)OC(=O)NC1CC(Nc2ccc(-c3ccn[nH]3)cc2)C1. The van der Waals surface area contributed by atoms with Gasteiger partial charge >= 0.3 is 6.09 Å². The Balaban J connectivity index is 1.43. The molecule has 24 heavy (non-hydrogen) atoms. The van der Waals surface area contributed by atoms with E-state index in [9.17, 15) is 4.79 Å². The van der Waals surface area contributed by atoms with Crippen LogP contribution >= 0.6 is 0 Å². The first-order chi connectivity index (χ1) is 11.4. The highest BCUT2D eigenvalue weighted by molar-refractivity contribution is 5.68. The lowest BCUT2D eigenvalue weighted by Gasteiger charge is -2.37. The number of carbonyl (C=O) groups excluding carboxylic acids is 1. The first-order valence-electron chi connectivity index (χ1n) is 8.25. The Morgan fingerprint density at radius 2 is 1.88 bits per heavy atom. The molecule has 128 valence electrons. The van der Waals surface area contributed by atoms with Crippen LogP contribution in [-0.2, 0) is 4.74 Å². The van der Waals surface area contributed by atoms with Crippen molar-refractivity contribution in [2.75, 3.05) is 5.32 Å². The van der Waals surface area contributed by atoms with Gasteiger partial charge in [0.05, 0.1) is 5.69 Å². The number of amides is 1. The molecule has 0 saturated heterocycles. The zero-order chi connectivity index (χ0) is 17.2. The van der Waals surface area contributed by atoms with Crippen LogP contribution in [0.4, 0.5) is 10.5 Å². The molecular formula is C18H24N4O2. The average molecular weight is 328 g/mol. The third kappa shape index (κ3) is 4.28. The van der Waals surface area contributed by atoms with E-state index in [0.717, 1.165) is 29.8 Å². The average Bonchev–Trinajstić information content (AvgIpc) is 2.98. The first-order valence-corrected chi connectivity index (χ1v) is 8.25. The number of aromatic nitrogens is 2. The molecule has 0 atom stereocenters. The number of ether oxygens (including phenoxy) is 1. The Morgan fingerprint density at radius 3 is 2.46 bits per heavy atom. The summed E-state index contributed by atoms with van der Waals surface area (Å²) in [5.74, 6) is 0. The van der Waals surface area contributed by atoms with Gasteiger partial charge in [-0.3, -0.25) is 5.10 Å². The Kier molecular flexibility index (Phi) is 4.46.